The summed E-state index contributed by atoms with van der Waals surface area (Å²) in [6.07, 6.45) is 1.09. The van der Waals surface area contributed by atoms with Crippen LogP contribution >= 0.6 is 24.0 Å². The van der Waals surface area contributed by atoms with Crippen LogP contribution in [0.2, 0.25) is 0 Å². The van der Waals surface area contributed by atoms with Gasteiger partial charge < -0.3 is 10.6 Å². The van der Waals surface area contributed by atoms with Crippen LogP contribution in [0.3, 0.4) is 0 Å². The van der Waals surface area contributed by atoms with Gasteiger partial charge in [-0.3, -0.25) is 4.99 Å². The van der Waals surface area contributed by atoms with Crippen LogP contribution in [-0.4, -0.2) is 19.0 Å². The molecule has 0 aromatic heterocycles. The van der Waals surface area contributed by atoms with Gasteiger partial charge in [0, 0.05) is 19.6 Å². The zero-order valence-electron chi connectivity index (χ0n) is 12.6. The highest BCUT2D eigenvalue weighted by atomic mass is 127. The molecule has 0 bridgehead atoms. The van der Waals surface area contributed by atoms with Crippen LogP contribution < -0.4 is 10.6 Å². The minimum absolute atomic E-state index is 0. The van der Waals surface area contributed by atoms with E-state index in [2.05, 4.69) is 61.5 Å². The van der Waals surface area contributed by atoms with Crippen molar-refractivity contribution in [2.75, 3.05) is 7.05 Å². The highest BCUT2D eigenvalue weighted by Gasteiger charge is 2.03. The van der Waals surface area contributed by atoms with Crippen molar-refractivity contribution >= 4 is 29.9 Å². The molecule has 1 aromatic carbocycles. The van der Waals surface area contributed by atoms with Crippen molar-refractivity contribution in [3.8, 4) is 0 Å². The van der Waals surface area contributed by atoms with Crippen LogP contribution in [0.4, 0.5) is 0 Å². The summed E-state index contributed by atoms with van der Waals surface area (Å²) in [5.41, 5.74) is 3.94. The van der Waals surface area contributed by atoms with Crippen molar-refractivity contribution in [2.24, 2.45) is 4.99 Å². The van der Waals surface area contributed by atoms with Crippen molar-refractivity contribution in [3.63, 3.8) is 0 Å². The molecule has 3 nitrogen and oxygen atoms in total. The number of nitrogens with one attached hydrogen (secondary N) is 2. The van der Waals surface area contributed by atoms with Gasteiger partial charge in [-0.15, -0.1) is 24.0 Å². The van der Waals surface area contributed by atoms with Gasteiger partial charge in [0.25, 0.3) is 0 Å². The summed E-state index contributed by atoms with van der Waals surface area (Å²) in [4.78, 5) is 4.23. The van der Waals surface area contributed by atoms with Gasteiger partial charge in [0.05, 0.1) is 0 Å². The van der Waals surface area contributed by atoms with Gasteiger partial charge in [0.2, 0.25) is 0 Å². The molecule has 0 aliphatic heterocycles. The highest BCUT2D eigenvalue weighted by Crippen LogP contribution is 2.09. The first-order valence-electron chi connectivity index (χ1n) is 6.60. The Hall–Kier alpha value is -0.780. The predicted octanol–water partition coefficient (Wildman–Crippen LogP) is 3.38. The van der Waals surface area contributed by atoms with Gasteiger partial charge in [-0.05, 0) is 38.3 Å². The summed E-state index contributed by atoms with van der Waals surface area (Å²) in [5, 5.41) is 6.71. The van der Waals surface area contributed by atoms with E-state index in [4.69, 9.17) is 0 Å². The number of benzene rings is 1. The molecular weight excluding hydrogens is 349 g/mol. The lowest BCUT2D eigenvalue weighted by Gasteiger charge is -2.17. The summed E-state index contributed by atoms with van der Waals surface area (Å²) in [6, 6.07) is 6.97. The summed E-state index contributed by atoms with van der Waals surface area (Å²) in [7, 11) is 1.81. The second kappa shape index (κ2) is 9.18. The van der Waals surface area contributed by atoms with E-state index >= 15 is 0 Å². The second-order valence-electron chi connectivity index (χ2n) is 4.81. The maximum Gasteiger partial charge on any atom is 0.191 e. The number of rotatable bonds is 4. The highest BCUT2D eigenvalue weighted by molar-refractivity contribution is 14.0. The van der Waals surface area contributed by atoms with Gasteiger partial charge in [-0.2, -0.15) is 0 Å². The molecular formula is C15H26IN3. The number of aryl methyl sites for hydroxylation is 2. The molecule has 108 valence electrons. The molecule has 19 heavy (non-hydrogen) atoms. The van der Waals surface area contributed by atoms with Crippen molar-refractivity contribution in [1.29, 1.82) is 0 Å². The Kier molecular flexibility index (Phi) is 8.80. The van der Waals surface area contributed by atoms with Crippen LogP contribution in [-0.2, 0) is 6.54 Å². The minimum atomic E-state index is 0. The van der Waals surface area contributed by atoms with E-state index in [0.717, 1.165) is 18.9 Å². The molecule has 0 saturated heterocycles. The molecule has 0 saturated carbocycles. The summed E-state index contributed by atoms with van der Waals surface area (Å²) in [6.45, 7) is 9.39. The third kappa shape index (κ3) is 6.27. The van der Waals surface area contributed by atoms with E-state index in [1.54, 1.807) is 7.05 Å². The predicted molar refractivity (Wildman–Crippen MR) is 94.4 cm³/mol. The van der Waals surface area contributed by atoms with Gasteiger partial charge in [-0.25, -0.2) is 0 Å². The van der Waals surface area contributed by atoms with Crippen molar-refractivity contribution in [2.45, 2.75) is 46.7 Å². The quantitative estimate of drug-likeness (QED) is 0.481. The number of hydrogen-bond donors (Lipinski definition) is 2. The Labute approximate surface area is 134 Å². The smallest absolute Gasteiger partial charge is 0.191 e. The minimum Gasteiger partial charge on any atom is -0.354 e. The molecule has 0 spiro atoms. The van der Waals surface area contributed by atoms with E-state index in [0.29, 0.717) is 6.04 Å². The summed E-state index contributed by atoms with van der Waals surface area (Å²) in [5.74, 6) is 0.865. The molecule has 1 rings (SSSR count). The van der Waals surface area contributed by atoms with E-state index in [1.165, 1.54) is 16.7 Å². The van der Waals surface area contributed by atoms with Gasteiger partial charge in [0.15, 0.2) is 5.96 Å². The molecule has 2 N–H and O–H groups in total. The third-order valence-electron chi connectivity index (χ3n) is 3.16. The van der Waals surface area contributed by atoms with E-state index in [-0.39, 0.29) is 24.0 Å². The van der Waals surface area contributed by atoms with Crippen molar-refractivity contribution in [3.05, 3.63) is 34.9 Å². The van der Waals surface area contributed by atoms with Crippen LogP contribution in [0.1, 0.15) is 37.0 Å². The van der Waals surface area contributed by atoms with Crippen molar-refractivity contribution < 1.29 is 0 Å². The Balaban J connectivity index is 0.00000324. The molecule has 0 heterocycles. The van der Waals surface area contributed by atoms with Gasteiger partial charge in [-0.1, -0.05) is 30.7 Å². The Morgan fingerprint density at radius 1 is 1.32 bits per heavy atom. The fourth-order valence-corrected chi connectivity index (χ4v) is 1.75. The topological polar surface area (TPSA) is 36.4 Å². The SMILES string of the molecule is CCC(C)NC(=NC)NCc1ccc(C)cc1C.I. The summed E-state index contributed by atoms with van der Waals surface area (Å²) < 4.78 is 0. The average molecular weight is 375 g/mol. The van der Waals surface area contributed by atoms with E-state index in [1.807, 2.05) is 0 Å². The Morgan fingerprint density at radius 2 is 2.00 bits per heavy atom. The number of halogens is 1. The van der Waals surface area contributed by atoms with Crippen LogP contribution in [0, 0.1) is 13.8 Å². The molecule has 0 fully saturated rings. The molecule has 0 radical (unpaired) electrons. The second-order valence-corrected chi connectivity index (χ2v) is 4.81. The molecule has 0 amide bonds. The first kappa shape index (κ1) is 18.2. The fraction of sp³-hybridized carbons (Fsp3) is 0.533. The molecule has 1 atom stereocenters. The first-order valence-corrected chi connectivity index (χ1v) is 6.60. The Bertz CT molecular complexity index is 416. The lowest BCUT2D eigenvalue weighted by atomic mass is 10.1. The molecule has 1 aromatic rings. The zero-order chi connectivity index (χ0) is 13.5. The van der Waals surface area contributed by atoms with Gasteiger partial charge >= 0.3 is 0 Å². The number of guanidine groups is 1. The maximum absolute atomic E-state index is 4.23. The van der Waals surface area contributed by atoms with Crippen molar-refractivity contribution in [1.82, 2.24) is 10.6 Å². The standard InChI is InChI=1S/C15H25N3.HI/c1-6-13(4)18-15(16-5)17-10-14-8-7-11(2)9-12(14)3;/h7-9,13H,6,10H2,1-5H3,(H2,16,17,18);1H. The third-order valence-corrected chi connectivity index (χ3v) is 3.16. The monoisotopic (exact) mass is 375 g/mol. The first-order chi connectivity index (χ1) is 8.56. The number of nitrogens with zero attached hydrogens (tertiary/aromatic N) is 1. The largest absolute Gasteiger partial charge is 0.354 e. The normalized spacial score (nSPS) is 12.6. The maximum atomic E-state index is 4.23. The molecule has 0 aliphatic carbocycles. The average Bonchev–Trinajstić information content (AvgIpc) is 2.35. The number of hydrogen-bond acceptors (Lipinski definition) is 1. The van der Waals surface area contributed by atoms with Crippen LogP contribution in [0.5, 0.6) is 0 Å². The Morgan fingerprint density at radius 3 is 2.53 bits per heavy atom. The fourth-order valence-electron chi connectivity index (χ4n) is 1.75. The number of aliphatic imine (C=N–C) groups is 1. The molecule has 1 unspecified atom stereocenters. The van der Waals surface area contributed by atoms with Crippen LogP contribution in [0.25, 0.3) is 0 Å². The lowest BCUT2D eigenvalue weighted by Crippen LogP contribution is -2.41. The van der Waals surface area contributed by atoms with E-state index < -0.39 is 0 Å². The molecule has 4 heteroatoms. The zero-order valence-corrected chi connectivity index (χ0v) is 14.9. The van der Waals surface area contributed by atoms with E-state index in [9.17, 15) is 0 Å². The van der Waals surface area contributed by atoms with Crippen LogP contribution in [0.15, 0.2) is 23.2 Å². The summed E-state index contributed by atoms with van der Waals surface area (Å²) >= 11 is 0. The lowest BCUT2D eigenvalue weighted by molar-refractivity contribution is 0.624. The molecule has 0 aliphatic rings. The van der Waals surface area contributed by atoms with Gasteiger partial charge in [0.1, 0.15) is 0 Å².